The van der Waals surface area contributed by atoms with E-state index in [2.05, 4.69) is 12.2 Å². The SMILES string of the molecule is CC1CCC2CN(C(=O)OC(C)(C)C)CC2N1. The molecule has 2 aliphatic heterocycles. The number of nitrogens with zero attached hydrogens (tertiary/aromatic N) is 1. The van der Waals surface area contributed by atoms with Crippen LogP contribution in [0, 0.1) is 5.92 Å². The van der Waals surface area contributed by atoms with Gasteiger partial charge in [0, 0.05) is 25.2 Å². The normalized spacial score (nSPS) is 33.4. The predicted molar refractivity (Wildman–Crippen MR) is 66.9 cm³/mol. The van der Waals surface area contributed by atoms with E-state index in [-0.39, 0.29) is 6.09 Å². The fourth-order valence-corrected chi connectivity index (χ4v) is 2.74. The van der Waals surface area contributed by atoms with Crippen LogP contribution >= 0.6 is 0 Å². The standard InChI is InChI=1S/C13H24N2O2/c1-9-5-6-10-7-15(8-11(10)14-9)12(16)17-13(2,3)4/h9-11,14H,5-8H2,1-4H3. The molecular formula is C13H24N2O2. The molecule has 98 valence electrons. The smallest absolute Gasteiger partial charge is 0.410 e. The zero-order valence-corrected chi connectivity index (χ0v) is 11.3. The first-order valence-electron chi connectivity index (χ1n) is 6.59. The van der Waals surface area contributed by atoms with Crippen molar-refractivity contribution < 1.29 is 9.53 Å². The zero-order chi connectivity index (χ0) is 12.6. The minimum absolute atomic E-state index is 0.165. The maximum Gasteiger partial charge on any atom is 0.410 e. The van der Waals surface area contributed by atoms with Crippen molar-refractivity contribution in [1.82, 2.24) is 10.2 Å². The molecule has 2 fully saturated rings. The Bertz CT molecular complexity index is 298. The molecule has 2 rings (SSSR count). The van der Waals surface area contributed by atoms with E-state index in [9.17, 15) is 4.79 Å². The first-order chi connectivity index (χ1) is 7.85. The van der Waals surface area contributed by atoms with Gasteiger partial charge in [-0.15, -0.1) is 0 Å². The first-order valence-corrected chi connectivity index (χ1v) is 6.59. The summed E-state index contributed by atoms with van der Waals surface area (Å²) < 4.78 is 5.41. The molecule has 2 saturated heterocycles. The highest BCUT2D eigenvalue weighted by atomic mass is 16.6. The zero-order valence-electron chi connectivity index (χ0n) is 11.3. The van der Waals surface area contributed by atoms with Crippen molar-refractivity contribution in [3.63, 3.8) is 0 Å². The minimum Gasteiger partial charge on any atom is -0.444 e. The van der Waals surface area contributed by atoms with Gasteiger partial charge in [-0.2, -0.15) is 0 Å². The van der Waals surface area contributed by atoms with Gasteiger partial charge in [0.1, 0.15) is 5.60 Å². The van der Waals surface area contributed by atoms with Gasteiger partial charge < -0.3 is 15.0 Å². The van der Waals surface area contributed by atoms with Crippen LogP contribution in [0.3, 0.4) is 0 Å². The van der Waals surface area contributed by atoms with Crippen LogP contribution in [0.25, 0.3) is 0 Å². The molecule has 4 heteroatoms. The molecule has 3 unspecified atom stereocenters. The van der Waals surface area contributed by atoms with E-state index in [1.165, 1.54) is 12.8 Å². The lowest BCUT2D eigenvalue weighted by atomic mass is 9.91. The van der Waals surface area contributed by atoms with Crippen LogP contribution < -0.4 is 5.32 Å². The number of carbonyl (C=O) groups excluding carboxylic acids is 1. The summed E-state index contributed by atoms with van der Waals surface area (Å²) >= 11 is 0. The van der Waals surface area contributed by atoms with E-state index < -0.39 is 5.60 Å². The second kappa shape index (κ2) is 4.48. The van der Waals surface area contributed by atoms with Gasteiger partial charge in [-0.3, -0.25) is 0 Å². The van der Waals surface area contributed by atoms with E-state index in [4.69, 9.17) is 4.74 Å². The summed E-state index contributed by atoms with van der Waals surface area (Å²) in [6.07, 6.45) is 2.27. The molecule has 3 atom stereocenters. The number of ether oxygens (including phenoxy) is 1. The van der Waals surface area contributed by atoms with Crippen molar-refractivity contribution in [3.8, 4) is 0 Å². The van der Waals surface area contributed by atoms with Gasteiger partial charge in [-0.25, -0.2) is 4.79 Å². The monoisotopic (exact) mass is 240 g/mol. The van der Waals surface area contributed by atoms with Crippen LogP contribution in [-0.4, -0.2) is 41.8 Å². The van der Waals surface area contributed by atoms with E-state index in [1.807, 2.05) is 25.7 Å². The Labute approximate surface area is 104 Å². The van der Waals surface area contributed by atoms with Crippen molar-refractivity contribution in [2.45, 2.75) is 58.2 Å². The van der Waals surface area contributed by atoms with Gasteiger partial charge in [0.05, 0.1) is 0 Å². The number of carbonyl (C=O) groups is 1. The predicted octanol–water partition coefficient (Wildman–Crippen LogP) is 1.99. The number of hydrogen-bond donors (Lipinski definition) is 1. The van der Waals surface area contributed by atoms with Crippen molar-refractivity contribution in [2.24, 2.45) is 5.92 Å². The molecule has 0 aliphatic carbocycles. The van der Waals surface area contributed by atoms with E-state index in [0.717, 1.165) is 13.1 Å². The molecular weight excluding hydrogens is 216 g/mol. The van der Waals surface area contributed by atoms with Crippen LogP contribution in [0.2, 0.25) is 0 Å². The summed E-state index contributed by atoms with van der Waals surface area (Å²) in [4.78, 5) is 13.8. The fourth-order valence-electron chi connectivity index (χ4n) is 2.74. The number of hydrogen-bond acceptors (Lipinski definition) is 3. The molecule has 0 saturated carbocycles. The molecule has 1 N–H and O–H groups in total. The first kappa shape index (κ1) is 12.7. The summed E-state index contributed by atoms with van der Waals surface area (Å²) in [6.45, 7) is 9.59. The van der Waals surface area contributed by atoms with Crippen LogP contribution in [0.5, 0.6) is 0 Å². The van der Waals surface area contributed by atoms with E-state index in [0.29, 0.717) is 18.0 Å². The van der Waals surface area contributed by atoms with Gasteiger partial charge in [-0.1, -0.05) is 0 Å². The summed E-state index contributed by atoms with van der Waals surface area (Å²) in [5, 5.41) is 3.58. The maximum atomic E-state index is 12.0. The molecule has 0 aromatic rings. The van der Waals surface area contributed by atoms with E-state index >= 15 is 0 Å². The topological polar surface area (TPSA) is 41.6 Å². The highest BCUT2D eigenvalue weighted by Crippen LogP contribution is 2.28. The van der Waals surface area contributed by atoms with Gasteiger partial charge in [0.2, 0.25) is 0 Å². The molecule has 0 spiro atoms. The van der Waals surface area contributed by atoms with Crippen LogP contribution in [0.15, 0.2) is 0 Å². The quantitative estimate of drug-likeness (QED) is 0.704. The molecule has 0 aromatic heterocycles. The maximum absolute atomic E-state index is 12.0. The van der Waals surface area contributed by atoms with Gasteiger partial charge in [0.15, 0.2) is 0 Å². The second-order valence-electron chi connectivity index (χ2n) is 6.40. The third-order valence-corrected chi connectivity index (χ3v) is 3.56. The van der Waals surface area contributed by atoms with Crippen LogP contribution in [0.4, 0.5) is 4.79 Å². The number of piperidine rings is 1. The molecule has 0 bridgehead atoms. The fraction of sp³-hybridized carbons (Fsp3) is 0.923. The molecule has 4 nitrogen and oxygen atoms in total. The molecule has 0 aromatic carbocycles. The van der Waals surface area contributed by atoms with Gasteiger partial charge in [0.25, 0.3) is 0 Å². The Hall–Kier alpha value is -0.770. The van der Waals surface area contributed by atoms with Crippen LogP contribution in [0.1, 0.15) is 40.5 Å². The molecule has 17 heavy (non-hydrogen) atoms. The Kier molecular flexibility index (Phi) is 3.34. The number of rotatable bonds is 0. The van der Waals surface area contributed by atoms with Gasteiger partial charge in [-0.05, 0) is 46.5 Å². The summed E-state index contributed by atoms with van der Waals surface area (Å²) in [6, 6.07) is 1.04. The lowest BCUT2D eigenvalue weighted by Crippen LogP contribution is -2.46. The summed E-state index contributed by atoms with van der Waals surface area (Å²) in [7, 11) is 0. The highest BCUT2D eigenvalue weighted by molar-refractivity contribution is 5.68. The summed E-state index contributed by atoms with van der Waals surface area (Å²) in [5.74, 6) is 0.610. The average Bonchev–Trinajstić information content (AvgIpc) is 2.57. The number of amides is 1. The van der Waals surface area contributed by atoms with E-state index in [1.54, 1.807) is 0 Å². The van der Waals surface area contributed by atoms with Gasteiger partial charge >= 0.3 is 6.09 Å². The van der Waals surface area contributed by atoms with Crippen molar-refractivity contribution in [3.05, 3.63) is 0 Å². The average molecular weight is 240 g/mol. The lowest BCUT2D eigenvalue weighted by molar-refractivity contribution is 0.0286. The lowest BCUT2D eigenvalue weighted by Gasteiger charge is -2.30. The van der Waals surface area contributed by atoms with Crippen molar-refractivity contribution in [2.75, 3.05) is 13.1 Å². The molecule has 2 aliphatic rings. The number of nitrogens with one attached hydrogen (secondary N) is 1. The second-order valence-corrected chi connectivity index (χ2v) is 6.40. The highest BCUT2D eigenvalue weighted by Gasteiger charge is 2.39. The Morgan fingerprint density at radius 1 is 1.29 bits per heavy atom. The summed E-state index contributed by atoms with van der Waals surface area (Å²) in [5.41, 5.74) is -0.397. The third kappa shape index (κ3) is 3.12. The van der Waals surface area contributed by atoms with Crippen LogP contribution in [-0.2, 0) is 4.74 Å². The Morgan fingerprint density at radius 3 is 2.65 bits per heavy atom. The Balaban J connectivity index is 1.91. The molecule has 1 amide bonds. The number of fused-ring (bicyclic) bond motifs is 1. The van der Waals surface area contributed by atoms with Crippen molar-refractivity contribution in [1.29, 1.82) is 0 Å². The van der Waals surface area contributed by atoms with Crippen molar-refractivity contribution >= 4 is 6.09 Å². The third-order valence-electron chi connectivity index (χ3n) is 3.56. The Morgan fingerprint density at radius 2 is 2.00 bits per heavy atom. The molecule has 2 heterocycles. The molecule has 0 radical (unpaired) electrons. The minimum atomic E-state index is -0.397. The number of likely N-dealkylation sites (tertiary alicyclic amines) is 1. The largest absolute Gasteiger partial charge is 0.444 e.